The summed E-state index contributed by atoms with van der Waals surface area (Å²) in [6, 6.07) is 14.5. The van der Waals surface area contributed by atoms with Gasteiger partial charge in [0.2, 0.25) is 21.8 Å². The first kappa shape index (κ1) is 35.5. The van der Waals surface area contributed by atoms with Crippen molar-refractivity contribution in [2.45, 2.75) is 64.8 Å². The predicted octanol–water partition coefficient (Wildman–Crippen LogP) is 3.14. The average molecular weight is 615 g/mol. The number of rotatable bonds is 13. The van der Waals surface area contributed by atoms with E-state index < -0.39 is 38.8 Å². The third-order valence-corrected chi connectivity index (χ3v) is 8.55. The maximum Gasteiger partial charge on any atom is 0.260 e. The Kier molecular flexibility index (Phi) is 12.1. The normalized spacial score (nSPS) is 13.9. The number of ether oxygens (including phenoxy) is 1. The van der Waals surface area contributed by atoms with Gasteiger partial charge in [0.05, 0.1) is 18.9 Å². The first-order valence-corrected chi connectivity index (χ1v) is 15.7. The van der Waals surface area contributed by atoms with Gasteiger partial charge in [0, 0.05) is 24.6 Å². The third kappa shape index (κ3) is 9.93. The smallest absolute Gasteiger partial charge is 0.260 e. The average Bonchev–Trinajstić information content (AvgIpc) is 2.93. The molecule has 0 aliphatic rings. The van der Waals surface area contributed by atoms with Crippen LogP contribution in [0.25, 0.3) is 0 Å². The highest BCUT2D eigenvalue weighted by Gasteiger charge is 2.40. The van der Waals surface area contributed by atoms with Crippen LogP contribution in [0.3, 0.4) is 0 Å². The van der Waals surface area contributed by atoms with Crippen LogP contribution in [0, 0.1) is 5.41 Å². The van der Waals surface area contributed by atoms with Gasteiger partial charge < -0.3 is 20.3 Å². The number of likely N-dealkylation sites (N-methyl/N-ethyl adjacent to an activating group) is 2. The molecule has 10 nitrogen and oxygen atoms in total. The van der Waals surface area contributed by atoms with Crippen molar-refractivity contribution in [1.82, 2.24) is 20.3 Å². The summed E-state index contributed by atoms with van der Waals surface area (Å²) in [7, 11) is 0.942. The predicted molar refractivity (Wildman–Crippen MR) is 169 cm³/mol. The zero-order valence-corrected chi connectivity index (χ0v) is 27.5. The molecule has 0 saturated carbocycles. The molecular weight excluding hydrogens is 568 g/mol. The Morgan fingerprint density at radius 1 is 0.977 bits per heavy atom. The number of hydrogen-bond acceptors (Lipinski definition) is 7. The van der Waals surface area contributed by atoms with Crippen molar-refractivity contribution < 1.29 is 27.5 Å². The molecule has 3 amide bonds. The molecule has 2 aromatic carbocycles. The molecule has 0 heterocycles. The number of nitrogens with one attached hydrogen (secondary N) is 3. The zero-order valence-electron chi connectivity index (χ0n) is 26.6. The number of carbonyl (C=O) groups is 3. The van der Waals surface area contributed by atoms with E-state index in [0.717, 1.165) is 5.56 Å². The second-order valence-electron chi connectivity index (χ2n) is 12.3. The summed E-state index contributed by atoms with van der Waals surface area (Å²) in [4.78, 5) is 41.2. The van der Waals surface area contributed by atoms with Gasteiger partial charge in [0.25, 0.3) is 5.91 Å². The number of sulfonamides is 1. The van der Waals surface area contributed by atoms with Crippen LogP contribution in [0.1, 0.15) is 52.7 Å². The molecule has 0 aromatic heterocycles. The molecule has 0 aliphatic carbocycles. The highest BCUT2D eigenvalue weighted by Crippen LogP contribution is 2.30. The van der Waals surface area contributed by atoms with Crippen LogP contribution in [0.4, 0.5) is 0 Å². The number of hydrogen-bond donors (Lipinski definition) is 3. The lowest BCUT2D eigenvalue weighted by molar-refractivity contribution is -0.139. The molecule has 0 fully saturated rings. The molecule has 2 aromatic rings. The standard InChI is InChI=1S/C32H46N4O6S/c1-22(28(37)35-43(40,41)21-23-14-11-10-12-15-23)18-19-36(8)30(39)27(31(2,3)4)34-29(38)26(33-7)32(5,6)24-16-13-17-25(20-24)42-9/h10-18,20,26-27,33H,19,21H2,1-9H3,(H,34,38)(H,35,37)/b22-18+/t26-,27?/m1/s1. The Balaban J connectivity index is 2.15. The van der Waals surface area contributed by atoms with Gasteiger partial charge >= 0.3 is 0 Å². The topological polar surface area (TPSA) is 134 Å². The van der Waals surface area contributed by atoms with E-state index in [4.69, 9.17) is 4.74 Å². The minimum atomic E-state index is -3.91. The van der Waals surface area contributed by atoms with Crippen LogP contribution in [-0.4, -0.2) is 70.9 Å². The van der Waals surface area contributed by atoms with E-state index in [1.165, 1.54) is 17.9 Å². The molecule has 3 N–H and O–H groups in total. The summed E-state index contributed by atoms with van der Waals surface area (Å²) in [6.07, 6.45) is 1.48. The first-order chi connectivity index (χ1) is 19.9. The number of nitrogens with zero attached hydrogens (tertiary/aromatic N) is 1. The van der Waals surface area contributed by atoms with E-state index in [-0.39, 0.29) is 29.7 Å². The zero-order chi connectivity index (χ0) is 32.6. The lowest BCUT2D eigenvalue weighted by Crippen LogP contribution is -2.60. The minimum Gasteiger partial charge on any atom is -0.497 e. The van der Waals surface area contributed by atoms with Crippen LogP contribution in [0.5, 0.6) is 5.75 Å². The van der Waals surface area contributed by atoms with E-state index in [1.807, 2.05) is 58.9 Å². The Labute approximate surface area is 256 Å². The van der Waals surface area contributed by atoms with Crippen molar-refractivity contribution in [1.29, 1.82) is 0 Å². The third-order valence-electron chi connectivity index (χ3n) is 7.34. The number of benzene rings is 2. The minimum absolute atomic E-state index is 0.0318. The summed E-state index contributed by atoms with van der Waals surface area (Å²) in [5.74, 6) is -1.12. The highest BCUT2D eigenvalue weighted by atomic mass is 32.2. The monoisotopic (exact) mass is 614 g/mol. The van der Waals surface area contributed by atoms with Gasteiger partial charge in [-0.05, 0) is 42.6 Å². The molecule has 0 saturated heterocycles. The van der Waals surface area contributed by atoms with Crippen molar-refractivity contribution in [3.05, 3.63) is 77.4 Å². The van der Waals surface area contributed by atoms with Crippen LogP contribution in [0.15, 0.2) is 66.2 Å². The van der Waals surface area contributed by atoms with Crippen LogP contribution in [0.2, 0.25) is 0 Å². The molecule has 2 rings (SSSR count). The molecule has 43 heavy (non-hydrogen) atoms. The van der Waals surface area contributed by atoms with E-state index in [0.29, 0.717) is 11.3 Å². The Morgan fingerprint density at radius 3 is 2.16 bits per heavy atom. The molecule has 1 unspecified atom stereocenters. The van der Waals surface area contributed by atoms with E-state index >= 15 is 0 Å². The maximum absolute atomic E-state index is 13.7. The molecular formula is C32H46N4O6S. The molecule has 0 bridgehead atoms. The lowest BCUT2D eigenvalue weighted by Gasteiger charge is -2.38. The van der Waals surface area contributed by atoms with E-state index in [1.54, 1.807) is 51.5 Å². The van der Waals surface area contributed by atoms with Gasteiger partial charge in [-0.3, -0.25) is 14.4 Å². The number of carbonyl (C=O) groups excluding carboxylic acids is 3. The fourth-order valence-electron chi connectivity index (χ4n) is 4.61. The first-order valence-electron chi connectivity index (χ1n) is 14.1. The quantitative estimate of drug-likeness (QED) is 0.295. The van der Waals surface area contributed by atoms with Crippen LogP contribution >= 0.6 is 0 Å². The highest BCUT2D eigenvalue weighted by molar-refractivity contribution is 7.89. The lowest BCUT2D eigenvalue weighted by atomic mass is 9.76. The molecule has 236 valence electrons. The van der Waals surface area contributed by atoms with Crippen molar-refractivity contribution >= 4 is 27.7 Å². The summed E-state index contributed by atoms with van der Waals surface area (Å²) in [5, 5.41) is 6.06. The fraction of sp³-hybridized carbons (Fsp3) is 0.469. The van der Waals surface area contributed by atoms with Crippen LogP contribution in [-0.2, 0) is 35.6 Å². The molecule has 0 radical (unpaired) electrons. The SMILES string of the molecule is CN[C@H](C(=O)NC(C(=O)N(C)C/C=C(\C)C(=O)NS(=O)(=O)Cc1ccccc1)C(C)(C)C)C(C)(C)c1cccc(OC)c1. The number of amides is 3. The largest absolute Gasteiger partial charge is 0.497 e. The molecule has 11 heteroatoms. The van der Waals surface area contributed by atoms with Crippen molar-refractivity contribution in [2.75, 3.05) is 27.7 Å². The van der Waals surface area contributed by atoms with E-state index in [2.05, 4.69) is 15.4 Å². The van der Waals surface area contributed by atoms with Crippen molar-refractivity contribution in [2.24, 2.45) is 5.41 Å². The molecule has 0 spiro atoms. The second-order valence-corrected chi connectivity index (χ2v) is 14.0. The van der Waals surface area contributed by atoms with Gasteiger partial charge in [0.1, 0.15) is 11.8 Å². The van der Waals surface area contributed by atoms with Gasteiger partial charge in [0.15, 0.2) is 0 Å². The Hall–Kier alpha value is -3.70. The molecule has 2 atom stereocenters. The summed E-state index contributed by atoms with van der Waals surface area (Å²) in [6.45, 7) is 11.0. The van der Waals surface area contributed by atoms with Gasteiger partial charge in [-0.1, -0.05) is 83.2 Å². The van der Waals surface area contributed by atoms with Gasteiger partial charge in [-0.2, -0.15) is 0 Å². The Bertz CT molecular complexity index is 1410. The van der Waals surface area contributed by atoms with Crippen LogP contribution < -0.4 is 20.1 Å². The van der Waals surface area contributed by atoms with Gasteiger partial charge in [-0.25, -0.2) is 13.1 Å². The second kappa shape index (κ2) is 14.7. The number of methoxy groups -OCH3 is 1. The van der Waals surface area contributed by atoms with Gasteiger partial charge in [-0.15, -0.1) is 0 Å². The summed E-state index contributed by atoms with van der Waals surface area (Å²) >= 11 is 0. The van der Waals surface area contributed by atoms with Crippen molar-refractivity contribution in [3.8, 4) is 5.75 Å². The Morgan fingerprint density at radius 2 is 1.60 bits per heavy atom. The van der Waals surface area contributed by atoms with Crippen molar-refractivity contribution in [3.63, 3.8) is 0 Å². The molecule has 0 aliphatic heterocycles. The fourth-order valence-corrected chi connectivity index (χ4v) is 5.76. The summed E-state index contributed by atoms with van der Waals surface area (Å²) in [5.41, 5.74) is 0.293. The van der Waals surface area contributed by atoms with E-state index in [9.17, 15) is 22.8 Å². The maximum atomic E-state index is 13.7. The summed E-state index contributed by atoms with van der Waals surface area (Å²) < 4.78 is 32.4.